The molecule has 2 atom stereocenters. The van der Waals surface area contributed by atoms with Crippen LogP contribution in [0.3, 0.4) is 0 Å². The molecule has 2 aliphatic rings. The molecule has 2 rings (SSSR count). The van der Waals surface area contributed by atoms with Gasteiger partial charge in [-0.2, -0.15) is 5.26 Å². The lowest BCUT2D eigenvalue weighted by Gasteiger charge is -2.39. The Balaban J connectivity index is 1.93. The zero-order valence-corrected chi connectivity index (χ0v) is 10.7. The molecule has 1 N–H and O–H groups in total. The van der Waals surface area contributed by atoms with E-state index in [9.17, 15) is 4.79 Å². The number of nitrogens with zero attached hydrogens (tertiary/aromatic N) is 2. The number of hydrogen-bond donors (Lipinski definition) is 1. The van der Waals surface area contributed by atoms with Crippen molar-refractivity contribution in [2.45, 2.75) is 38.6 Å². The number of likely N-dealkylation sites (tertiary alicyclic amines) is 1. The zero-order chi connectivity index (χ0) is 12.5. The Labute approximate surface area is 103 Å². The van der Waals surface area contributed by atoms with Gasteiger partial charge in [0, 0.05) is 12.6 Å². The first-order chi connectivity index (χ1) is 8.07. The molecule has 0 aromatic rings. The van der Waals surface area contributed by atoms with Crippen LogP contribution in [0.5, 0.6) is 0 Å². The Morgan fingerprint density at radius 3 is 2.71 bits per heavy atom. The lowest BCUT2D eigenvalue weighted by Crippen LogP contribution is -2.54. The Hall–Kier alpha value is -1.08. The third-order valence-corrected chi connectivity index (χ3v) is 4.28. The van der Waals surface area contributed by atoms with Gasteiger partial charge in [-0.15, -0.1) is 0 Å². The average Bonchev–Trinajstić information content (AvgIpc) is 2.21. The predicted molar refractivity (Wildman–Crippen MR) is 65.1 cm³/mol. The van der Waals surface area contributed by atoms with Crippen LogP contribution in [-0.4, -0.2) is 37.0 Å². The highest BCUT2D eigenvalue weighted by Gasteiger charge is 2.45. The maximum atomic E-state index is 12.1. The van der Waals surface area contributed by atoms with Crippen molar-refractivity contribution < 1.29 is 4.79 Å². The quantitative estimate of drug-likeness (QED) is 0.780. The van der Waals surface area contributed by atoms with Gasteiger partial charge in [-0.25, -0.2) is 0 Å². The lowest BCUT2D eigenvalue weighted by molar-refractivity contribution is -0.133. The fourth-order valence-corrected chi connectivity index (χ4v) is 2.80. The minimum atomic E-state index is -0.705. The van der Waals surface area contributed by atoms with Gasteiger partial charge >= 0.3 is 0 Å². The summed E-state index contributed by atoms with van der Waals surface area (Å²) in [6, 6.07) is 2.45. The van der Waals surface area contributed by atoms with E-state index in [0.717, 1.165) is 38.8 Å². The smallest absolute Gasteiger partial charge is 0.240 e. The summed E-state index contributed by atoms with van der Waals surface area (Å²) in [6.07, 6.45) is 3.46. The summed E-state index contributed by atoms with van der Waals surface area (Å²) in [5, 5.41) is 12.2. The molecule has 17 heavy (non-hydrogen) atoms. The molecular weight excluding hydrogens is 214 g/mol. The van der Waals surface area contributed by atoms with Crippen LogP contribution in [0.25, 0.3) is 0 Å². The number of carbonyl (C=O) groups is 1. The highest BCUT2D eigenvalue weighted by molar-refractivity contribution is 5.86. The molecule has 0 spiro atoms. The van der Waals surface area contributed by atoms with Crippen molar-refractivity contribution in [1.29, 1.82) is 5.26 Å². The number of amides is 1. The lowest BCUT2D eigenvalue weighted by atomic mass is 9.69. The van der Waals surface area contributed by atoms with E-state index in [1.165, 1.54) is 0 Å². The minimum Gasteiger partial charge on any atom is -0.352 e. The number of nitriles is 1. The van der Waals surface area contributed by atoms with Gasteiger partial charge in [-0.05, 0) is 45.2 Å². The largest absolute Gasteiger partial charge is 0.352 e. The van der Waals surface area contributed by atoms with Gasteiger partial charge in [0.25, 0.3) is 0 Å². The van der Waals surface area contributed by atoms with Crippen molar-refractivity contribution in [2.24, 2.45) is 11.3 Å². The molecule has 2 unspecified atom stereocenters. The van der Waals surface area contributed by atoms with Gasteiger partial charge in [0.2, 0.25) is 5.91 Å². The summed E-state index contributed by atoms with van der Waals surface area (Å²) >= 11 is 0. The minimum absolute atomic E-state index is 0.0346. The molecule has 0 radical (unpaired) electrons. The predicted octanol–water partition coefficient (Wildman–Crippen LogP) is 1.14. The Kier molecular flexibility index (Phi) is 3.39. The van der Waals surface area contributed by atoms with Crippen LogP contribution in [0.15, 0.2) is 0 Å². The van der Waals surface area contributed by atoms with Gasteiger partial charge in [-0.3, -0.25) is 4.79 Å². The van der Waals surface area contributed by atoms with E-state index >= 15 is 0 Å². The highest BCUT2D eigenvalue weighted by Crippen LogP contribution is 2.40. The number of piperidine rings is 1. The number of carbonyl (C=O) groups excluding carboxylic acids is 1. The molecule has 1 aliphatic carbocycles. The normalized spacial score (nSPS) is 32.3. The van der Waals surface area contributed by atoms with Crippen LogP contribution in [0.2, 0.25) is 0 Å². The van der Waals surface area contributed by atoms with Gasteiger partial charge < -0.3 is 10.2 Å². The van der Waals surface area contributed by atoms with Crippen LogP contribution in [0, 0.1) is 22.7 Å². The number of hydrogen-bond acceptors (Lipinski definition) is 3. The fourth-order valence-electron chi connectivity index (χ4n) is 2.80. The molecule has 1 saturated heterocycles. The summed E-state index contributed by atoms with van der Waals surface area (Å²) in [7, 11) is 2.11. The third-order valence-electron chi connectivity index (χ3n) is 4.28. The Morgan fingerprint density at radius 1 is 1.53 bits per heavy atom. The van der Waals surface area contributed by atoms with Crippen LogP contribution in [-0.2, 0) is 4.79 Å². The first-order valence-corrected chi connectivity index (χ1v) is 6.48. The molecule has 0 aromatic heterocycles. The second-order valence-corrected chi connectivity index (χ2v) is 5.66. The van der Waals surface area contributed by atoms with E-state index in [0.29, 0.717) is 5.92 Å². The first-order valence-electron chi connectivity index (χ1n) is 6.48. The summed E-state index contributed by atoms with van der Waals surface area (Å²) in [4.78, 5) is 14.4. The zero-order valence-electron chi connectivity index (χ0n) is 10.7. The van der Waals surface area contributed by atoms with Crippen molar-refractivity contribution in [2.75, 3.05) is 20.1 Å². The SMILES string of the molecule is CC1CN(C)CCC1NC(=O)C1(C#N)CCC1. The molecule has 0 bridgehead atoms. The molecule has 1 amide bonds. The second-order valence-electron chi connectivity index (χ2n) is 5.66. The standard InChI is InChI=1S/C13H21N3O/c1-10-8-16(2)7-4-11(10)15-12(17)13(9-14)5-3-6-13/h10-11H,3-8H2,1-2H3,(H,15,17). The summed E-state index contributed by atoms with van der Waals surface area (Å²) < 4.78 is 0. The van der Waals surface area contributed by atoms with Crippen LogP contribution in [0.1, 0.15) is 32.6 Å². The molecule has 4 nitrogen and oxygen atoms in total. The van der Waals surface area contributed by atoms with Crippen molar-refractivity contribution in [3.05, 3.63) is 0 Å². The Bertz CT molecular complexity index is 343. The number of nitrogens with one attached hydrogen (secondary N) is 1. The highest BCUT2D eigenvalue weighted by atomic mass is 16.2. The van der Waals surface area contributed by atoms with Crippen LogP contribution >= 0.6 is 0 Å². The number of rotatable bonds is 2. The molecule has 1 heterocycles. The topological polar surface area (TPSA) is 56.1 Å². The van der Waals surface area contributed by atoms with E-state index in [4.69, 9.17) is 5.26 Å². The maximum Gasteiger partial charge on any atom is 0.240 e. The molecule has 2 fully saturated rings. The van der Waals surface area contributed by atoms with Gasteiger partial charge in [0.15, 0.2) is 0 Å². The maximum absolute atomic E-state index is 12.1. The molecule has 94 valence electrons. The van der Waals surface area contributed by atoms with E-state index in [1.807, 2.05) is 0 Å². The van der Waals surface area contributed by atoms with Crippen molar-refractivity contribution in [3.63, 3.8) is 0 Å². The third kappa shape index (κ3) is 2.30. The fraction of sp³-hybridized carbons (Fsp3) is 0.846. The molecule has 1 saturated carbocycles. The van der Waals surface area contributed by atoms with Crippen molar-refractivity contribution >= 4 is 5.91 Å². The molecule has 0 aromatic carbocycles. The van der Waals surface area contributed by atoms with Crippen LogP contribution < -0.4 is 5.32 Å². The van der Waals surface area contributed by atoms with E-state index in [2.05, 4.69) is 30.3 Å². The van der Waals surface area contributed by atoms with Crippen molar-refractivity contribution in [1.82, 2.24) is 10.2 Å². The van der Waals surface area contributed by atoms with E-state index in [-0.39, 0.29) is 11.9 Å². The monoisotopic (exact) mass is 235 g/mol. The van der Waals surface area contributed by atoms with Crippen LogP contribution in [0.4, 0.5) is 0 Å². The Morgan fingerprint density at radius 2 is 2.24 bits per heavy atom. The van der Waals surface area contributed by atoms with Gasteiger partial charge in [0.05, 0.1) is 6.07 Å². The summed E-state index contributed by atoms with van der Waals surface area (Å²) in [5.41, 5.74) is -0.705. The molecular formula is C13H21N3O. The molecule has 1 aliphatic heterocycles. The van der Waals surface area contributed by atoms with E-state index in [1.54, 1.807) is 0 Å². The summed E-state index contributed by atoms with van der Waals surface area (Å²) in [6.45, 7) is 4.21. The van der Waals surface area contributed by atoms with Crippen molar-refractivity contribution in [3.8, 4) is 6.07 Å². The van der Waals surface area contributed by atoms with Gasteiger partial charge in [0.1, 0.15) is 5.41 Å². The van der Waals surface area contributed by atoms with Gasteiger partial charge in [-0.1, -0.05) is 6.92 Å². The first kappa shape index (κ1) is 12.4. The second kappa shape index (κ2) is 4.66. The average molecular weight is 235 g/mol. The molecule has 4 heteroatoms. The van der Waals surface area contributed by atoms with E-state index < -0.39 is 5.41 Å². The summed E-state index contributed by atoms with van der Waals surface area (Å²) in [5.74, 6) is 0.432.